The monoisotopic (exact) mass is 314 g/mol. The highest BCUT2D eigenvalue weighted by Crippen LogP contribution is 2.53. The smallest absolute Gasteiger partial charge is 0.333 e. The molecule has 100 valence electrons. The summed E-state index contributed by atoms with van der Waals surface area (Å²) >= 11 is 11.1. The van der Waals surface area contributed by atoms with Crippen molar-refractivity contribution in [2.45, 2.75) is 0 Å². The largest absolute Gasteiger partial charge is 0.429 e. The van der Waals surface area contributed by atoms with Crippen LogP contribution in [0.5, 0.6) is 5.75 Å². The Labute approximate surface area is 121 Å². The molecule has 19 heavy (non-hydrogen) atoms. The Balaban J connectivity index is 2.10. The molecular weight excluding hydrogens is 303 g/mol. The Bertz CT molecular complexity index is 603. The maximum atomic E-state index is 6.00. The molecule has 0 bridgehead atoms. The topological polar surface area (TPSA) is 36.3 Å². The van der Waals surface area contributed by atoms with E-state index in [0.29, 0.717) is 5.75 Å². The van der Waals surface area contributed by atoms with Crippen molar-refractivity contribution >= 4 is 28.9 Å². The minimum Gasteiger partial charge on any atom is -0.429 e. The lowest BCUT2D eigenvalue weighted by Crippen LogP contribution is -1.93. The summed E-state index contributed by atoms with van der Waals surface area (Å²) in [5.41, 5.74) is 0.923. The summed E-state index contributed by atoms with van der Waals surface area (Å²) in [4.78, 5) is 0. The highest BCUT2D eigenvalue weighted by Gasteiger charge is 2.17. The first-order valence-corrected chi connectivity index (χ1v) is 9.00. The zero-order valence-electron chi connectivity index (χ0n) is 9.98. The average Bonchev–Trinajstić information content (AvgIpc) is 2.85. The Morgan fingerprint density at radius 2 is 2.16 bits per heavy atom. The van der Waals surface area contributed by atoms with E-state index in [1.807, 2.05) is 30.3 Å². The van der Waals surface area contributed by atoms with Crippen LogP contribution in [0.2, 0.25) is 0 Å². The summed E-state index contributed by atoms with van der Waals surface area (Å²) in [7, 11) is 0. The number of hydrogen-bond acceptors (Lipinski definition) is 4. The van der Waals surface area contributed by atoms with Gasteiger partial charge in [-0.2, -0.15) is 5.10 Å². The zero-order valence-corrected chi connectivity index (χ0v) is 12.4. The van der Waals surface area contributed by atoms with Crippen LogP contribution in [0.15, 0.2) is 55.4 Å². The fourth-order valence-corrected chi connectivity index (χ4v) is 2.90. The van der Waals surface area contributed by atoms with Crippen LogP contribution in [0.1, 0.15) is 0 Å². The van der Waals surface area contributed by atoms with Gasteiger partial charge in [0.25, 0.3) is 0 Å². The minimum atomic E-state index is -2.83. The first-order valence-electron chi connectivity index (χ1n) is 5.45. The number of nitrogens with zero attached hydrogens (tertiary/aromatic N) is 2. The van der Waals surface area contributed by atoms with E-state index in [9.17, 15) is 0 Å². The van der Waals surface area contributed by atoms with Gasteiger partial charge in [0, 0.05) is 0 Å². The van der Waals surface area contributed by atoms with Crippen molar-refractivity contribution in [3.63, 3.8) is 0 Å². The first kappa shape index (κ1) is 14.3. The molecule has 0 N–H and O–H groups in total. The van der Waals surface area contributed by atoms with Gasteiger partial charge in [0.05, 0.1) is 24.7 Å². The molecule has 0 aliphatic heterocycles. The number of aromatic nitrogens is 2. The van der Waals surface area contributed by atoms with Gasteiger partial charge in [-0.1, -0.05) is 24.3 Å². The predicted octanol–water partition coefficient (Wildman–Crippen LogP) is 3.92. The third-order valence-electron chi connectivity index (χ3n) is 2.14. The second-order valence-electron chi connectivity index (χ2n) is 3.56. The standard InChI is InChI=1S/C12H12ClN2O2PS/c1-2-8-16-18(13,19)17-12-9-14-15(10-12)11-6-4-3-5-7-11/h2-7,9-10H,1,8H2. The third kappa shape index (κ3) is 4.18. The molecule has 1 aromatic carbocycles. The number of para-hydroxylation sites is 1. The second kappa shape index (κ2) is 6.35. The van der Waals surface area contributed by atoms with Crippen LogP contribution in [0, 0.1) is 0 Å². The summed E-state index contributed by atoms with van der Waals surface area (Å²) in [6.07, 6.45) is 4.82. The average molecular weight is 315 g/mol. The summed E-state index contributed by atoms with van der Waals surface area (Å²) in [5.74, 6) is -2.35. The van der Waals surface area contributed by atoms with Gasteiger partial charge < -0.3 is 9.05 Å². The van der Waals surface area contributed by atoms with E-state index in [-0.39, 0.29) is 6.61 Å². The molecule has 7 heteroatoms. The van der Waals surface area contributed by atoms with Crippen molar-refractivity contribution in [2.24, 2.45) is 0 Å². The fourth-order valence-electron chi connectivity index (χ4n) is 1.37. The van der Waals surface area contributed by atoms with E-state index < -0.39 is 5.84 Å². The van der Waals surface area contributed by atoms with Gasteiger partial charge in [-0.15, -0.1) is 6.58 Å². The van der Waals surface area contributed by atoms with Crippen molar-refractivity contribution in [3.05, 3.63) is 55.4 Å². The number of benzene rings is 1. The predicted molar refractivity (Wildman–Crippen MR) is 80.5 cm³/mol. The van der Waals surface area contributed by atoms with Crippen molar-refractivity contribution in [1.29, 1.82) is 0 Å². The molecule has 2 aromatic rings. The van der Waals surface area contributed by atoms with Crippen molar-refractivity contribution in [1.82, 2.24) is 9.78 Å². The highest BCUT2D eigenvalue weighted by atomic mass is 35.7. The molecule has 0 spiro atoms. The van der Waals surface area contributed by atoms with E-state index in [0.717, 1.165) is 5.69 Å². The molecule has 1 unspecified atom stereocenters. The molecule has 4 nitrogen and oxygen atoms in total. The Kier molecular flexibility index (Phi) is 4.77. The molecule has 1 aromatic heterocycles. The zero-order chi connectivity index (χ0) is 13.7. The number of hydrogen-bond donors (Lipinski definition) is 0. The van der Waals surface area contributed by atoms with E-state index >= 15 is 0 Å². The van der Waals surface area contributed by atoms with Crippen LogP contribution in [-0.4, -0.2) is 16.4 Å². The van der Waals surface area contributed by atoms with E-state index in [1.165, 1.54) is 0 Å². The summed E-state index contributed by atoms with van der Waals surface area (Å²) in [6, 6.07) is 9.66. The van der Waals surface area contributed by atoms with Crippen molar-refractivity contribution in [2.75, 3.05) is 6.61 Å². The molecule has 1 heterocycles. The van der Waals surface area contributed by atoms with Crippen molar-refractivity contribution < 1.29 is 9.05 Å². The Morgan fingerprint density at radius 1 is 1.42 bits per heavy atom. The molecule has 1 atom stereocenters. The van der Waals surface area contributed by atoms with Crippen LogP contribution >= 0.6 is 17.1 Å². The molecule has 0 fully saturated rings. The second-order valence-corrected chi connectivity index (χ2v) is 8.24. The molecule has 0 amide bonds. The highest BCUT2D eigenvalue weighted by molar-refractivity contribution is 8.22. The van der Waals surface area contributed by atoms with Gasteiger partial charge in [-0.25, -0.2) is 4.68 Å². The molecule has 0 aliphatic carbocycles. The lowest BCUT2D eigenvalue weighted by molar-refractivity contribution is 0.364. The van der Waals surface area contributed by atoms with Crippen LogP contribution in [0.4, 0.5) is 0 Å². The van der Waals surface area contributed by atoms with Gasteiger partial charge in [-0.3, -0.25) is 0 Å². The number of halogens is 1. The summed E-state index contributed by atoms with van der Waals surface area (Å²) in [6.45, 7) is 3.79. The summed E-state index contributed by atoms with van der Waals surface area (Å²) in [5, 5.41) is 4.18. The molecule has 0 aliphatic rings. The van der Waals surface area contributed by atoms with Crippen LogP contribution < -0.4 is 4.52 Å². The first-order chi connectivity index (χ1) is 9.11. The van der Waals surface area contributed by atoms with Crippen LogP contribution in [0.25, 0.3) is 5.69 Å². The van der Waals surface area contributed by atoms with E-state index in [4.69, 9.17) is 32.1 Å². The van der Waals surface area contributed by atoms with Gasteiger partial charge in [-0.05, 0) is 35.2 Å². The van der Waals surface area contributed by atoms with Gasteiger partial charge in [0.15, 0.2) is 5.75 Å². The maximum Gasteiger partial charge on any atom is 0.333 e. The normalized spacial score (nSPS) is 13.7. The van der Waals surface area contributed by atoms with Crippen LogP contribution in [-0.2, 0) is 16.3 Å². The van der Waals surface area contributed by atoms with Gasteiger partial charge >= 0.3 is 5.84 Å². The lowest BCUT2D eigenvalue weighted by atomic mass is 10.3. The Morgan fingerprint density at radius 3 is 2.84 bits per heavy atom. The van der Waals surface area contributed by atoms with Gasteiger partial charge in [0.2, 0.25) is 0 Å². The fraction of sp³-hybridized carbons (Fsp3) is 0.0833. The summed E-state index contributed by atoms with van der Waals surface area (Å²) < 4.78 is 12.3. The van der Waals surface area contributed by atoms with Crippen molar-refractivity contribution in [3.8, 4) is 11.4 Å². The Hall–Kier alpha value is -1.13. The molecule has 0 radical (unpaired) electrons. The molecule has 0 saturated heterocycles. The minimum absolute atomic E-state index is 0.258. The van der Waals surface area contributed by atoms with E-state index in [2.05, 4.69) is 11.7 Å². The third-order valence-corrected chi connectivity index (χ3v) is 4.07. The SMILES string of the molecule is C=CCOP(=S)(Cl)Oc1cnn(-c2ccccc2)c1. The number of rotatable bonds is 6. The maximum absolute atomic E-state index is 6.00. The van der Waals surface area contributed by atoms with Crippen LogP contribution in [0.3, 0.4) is 0 Å². The molecular formula is C12H12ClN2O2PS. The molecule has 2 rings (SSSR count). The quantitative estimate of drug-likeness (QED) is 0.598. The lowest BCUT2D eigenvalue weighted by Gasteiger charge is -2.13. The van der Waals surface area contributed by atoms with Gasteiger partial charge in [0.1, 0.15) is 0 Å². The van der Waals surface area contributed by atoms with E-state index in [1.54, 1.807) is 23.2 Å². The molecule has 0 saturated carbocycles.